The zero-order valence-electron chi connectivity index (χ0n) is 9.96. The van der Waals surface area contributed by atoms with Crippen molar-refractivity contribution in [1.29, 1.82) is 0 Å². The van der Waals surface area contributed by atoms with Crippen LogP contribution >= 0.6 is 0 Å². The third kappa shape index (κ3) is 1.54. The number of fused-ring (bicyclic) bond motifs is 1. The van der Waals surface area contributed by atoms with Gasteiger partial charge in [-0.2, -0.15) is 0 Å². The van der Waals surface area contributed by atoms with E-state index in [2.05, 4.69) is 0 Å². The van der Waals surface area contributed by atoms with E-state index in [-0.39, 0.29) is 16.2 Å². The summed E-state index contributed by atoms with van der Waals surface area (Å²) >= 11 is 0. The minimum absolute atomic E-state index is 0.147. The highest BCUT2D eigenvalue weighted by Crippen LogP contribution is 2.42. The van der Waals surface area contributed by atoms with Crippen LogP contribution in [0.1, 0.15) is 30.5 Å². The Labute approximate surface area is 94.4 Å². The van der Waals surface area contributed by atoms with Crippen LogP contribution in [0, 0.1) is 24.0 Å². The molecule has 0 atom stereocenters. The van der Waals surface area contributed by atoms with Gasteiger partial charge in [0.15, 0.2) is 0 Å². The van der Waals surface area contributed by atoms with Crippen molar-refractivity contribution < 1.29 is 9.66 Å². The summed E-state index contributed by atoms with van der Waals surface area (Å²) < 4.78 is 5.79. The standard InChI is InChI=1S/C12H15NO3/c1-7-5-10(13(14)15)8(2)11-9(7)6-12(3,4)16-11/h5H,6H2,1-4H3. The molecular weight excluding hydrogens is 206 g/mol. The number of ether oxygens (including phenoxy) is 1. The molecule has 4 nitrogen and oxygen atoms in total. The summed E-state index contributed by atoms with van der Waals surface area (Å²) in [6, 6.07) is 1.64. The molecule has 0 spiro atoms. The second-order valence-electron chi connectivity index (χ2n) is 4.94. The zero-order chi connectivity index (χ0) is 12.1. The predicted molar refractivity (Wildman–Crippen MR) is 61.0 cm³/mol. The maximum atomic E-state index is 10.9. The van der Waals surface area contributed by atoms with E-state index in [9.17, 15) is 10.1 Å². The molecular formula is C12H15NO3. The first-order valence-corrected chi connectivity index (χ1v) is 5.28. The fourth-order valence-corrected chi connectivity index (χ4v) is 2.21. The Hall–Kier alpha value is -1.58. The van der Waals surface area contributed by atoms with Gasteiger partial charge in [-0.15, -0.1) is 0 Å². The number of nitrogens with zero attached hydrogens (tertiary/aromatic N) is 1. The maximum absolute atomic E-state index is 10.9. The van der Waals surface area contributed by atoms with Gasteiger partial charge in [0.05, 0.1) is 10.5 Å². The van der Waals surface area contributed by atoms with Gasteiger partial charge < -0.3 is 4.74 Å². The largest absolute Gasteiger partial charge is 0.487 e. The molecule has 0 bridgehead atoms. The van der Waals surface area contributed by atoms with Crippen molar-refractivity contribution in [2.75, 3.05) is 0 Å². The first-order valence-electron chi connectivity index (χ1n) is 5.28. The molecule has 0 aliphatic carbocycles. The normalized spacial score (nSPS) is 16.8. The average Bonchev–Trinajstić information content (AvgIpc) is 2.48. The van der Waals surface area contributed by atoms with Gasteiger partial charge in [0.2, 0.25) is 0 Å². The first kappa shape index (κ1) is 10.9. The summed E-state index contributed by atoms with van der Waals surface area (Å²) in [5.74, 6) is 0.705. The third-order valence-corrected chi connectivity index (χ3v) is 3.01. The zero-order valence-corrected chi connectivity index (χ0v) is 9.96. The summed E-state index contributed by atoms with van der Waals surface area (Å²) in [6.07, 6.45) is 0.813. The topological polar surface area (TPSA) is 52.4 Å². The Balaban J connectivity index is 2.64. The fraction of sp³-hybridized carbons (Fsp3) is 0.500. The van der Waals surface area contributed by atoms with E-state index < -0.39 is 0 Å². The molecule has 0 N–H and O–H groups in total. The Morgan fingerprint density at radius 2 is 2.06 bits per heavy atom. The highest BCUT2D eigenvalue weighted by atomic mass is 16.6. The van der Waals surface area contributed by atoms with E-state index in [1.807, 2.05) is 20.8 Å². The Morgan fingerprint density at radius 3 is 2.62 bits per heavy atom. The van der Waals surface area contributed by atoms with Gasteiger partial charge in [-0.1, -0.05) is 0 Å². The summed E-state index contributed by atoms with van der Waals surface area (Å²) in [5.41, 5.74) is 2.57. The van der Waals surface area contributed by atoms with Crippen LogP contribution in [0.25, 0.3) is 0 Å². The Morgan fingerprint density at radius 1 is 1.44 bits per heavy atom. The fourth-order valence-electron chi connectivity index (χ4n) is 2.21. The van der Waals surface area contributed by atoms with Gasteiger partial charge >= 0.3 is 0 Å². The van der Waals surface area contributed by atoms with Crippen molar-refractivity contribution in [1.82, 2.24) is 0 Å². The van der Waals surface area contributed by atoms with Crippen LogP contribution in [-0.2, 0) is 6.42 Å². The molecule has 0 saturated heterocycles. The highest BCUT2D eigenvalue weighted by molar-refractivity contribution is 5.58. The number of aryl methyl sites for hydroxylation is 1. The molecule has 1 aliphatic rings. The predicted octanol–water partition coefficient (Wildman–Crippen LogP) is 2.93. The lowest BCUT2D eigenvalue weighted by Crippen LogP contribution is -2.24. The van der Waals surface area contributed by atoms with E-state index in [1.165, 1.54) is 0 Å². The number of rotatable bonds is 1. The van der Waals surface area contributed by atoms with Gasteiger partial charge in [0.25, 0.3) is 5.69 Å². The lowest BCUT2D eigenvalue weighted by molar-refractivity contribution is -0.385. The van der Waals surface area contributed by atoms with E-state index in [0.29, 0.717) is 11.3 Å². The molecule has 2 rings (SSSR count). The number of nitro groups is 1. The van der Waals surface area contributed by atoms with Crippen molar-refractivity contribution in [3.8, 4) is 5.75 Å². The highest BCUT2D eigenvalue weighted by Gasteiger charge is 2.35. The van der Waals surface area contributed by atoms with Crippen molar-refractivity contribution in [2.45, 2.75) is 39.7 Å². The molecule has 1 aromatic rings. The third-order valence-electron chi connectivity index (χ3n) is 3.01. The minimum atomic E-state index is -0.350. The monoisotopic (exact) mass is 221 g/mol. The average molecular weight is 221 g/mol. The van der Waals surface area contributed by atoms with Crippen LogP contribution in [0.2, 0.25) is 0 Å². The van der Waals surface area contributed by atoms with Gasteiger partial charge in [-0.05, 0) is 33.3 Å². The Kier molecular flexibility index (Phi) is 2.19. The summed E-state index contributed by atoms with van der Waals surface area (Å²) in [7, 11) is 0. The summed E-state index contributed by atoms with van der Waals surface area (Å²) in [4.78, 5) is 10.5. The minimum Gasteiger partial charge on any atom is -0.487 e. The van der Waals surface area contributed by atoms with Gasteiger partial charge in [-0.25, -0.2) is 0 Å². The summed E-state index contributed by atoms with van der Waals surface area (Å²) in [5, 5.41) is 10.9. The van der Waals surface area contributed by atoms with Crippen molar-refractivity contribution in [3.05, 3.63) is 32.9 Å². The van der Waals surface area contributed by atoms with E-state index >= 15 is 0 Å². The quantitative estimate of drug-likeness (QED) is 0.541. The van der Waals surface area contributed by atoms with Crippen molar-refractivity contribution >= 4 is 5.69 Å². The molecule has 1 aromatic carbocycles. The molecule has 0 saturated carbocycles. The van der Waals surface area contributed by atoms with Crippen LogP contribution in [0.3, 0.4) is 0 Å². The van der Waals surface area contributed by atoms with Gasteiger partial charge in [0, 0.05) is 18.1 Å². The van der Waals surface area contributed by atoms with Crippen molar-refractivity contribution in [3.63, 3.8) is 0 Å². The molecule has 0 aromatic heterocycles. The number of benzene rings is 1. The number of nitro benzene ring substituents is 1. The van der Waals surface area contributed by atoms with Crippen LogP contribution in [0.4, 0.5) is 5.69 Å². The number of hydrogen-bond acceptors (Lipinski definition) is 3. The molecule has 4 heteroatoms. The molecule has 0 unspecified atom stereocenters. The molecule has 0 radical (unpaired) electrons. The van der Waals surface area contributed by atoms with Crippen LogP contribution < -0.4 is 4.74 Å². The van der Waals surface area contributed by atoms with Crippen molar-refractivity contribution in [2.24, 2.45) is 0 Å². The van der Waals surface area contributed by atoms with Crippen LogP contribution in [-0.4, -0.2) is 10.5 Å². The molecule has 1 aliphatic heterocycles. The second kappa shape index (κ2) is 3.20. The lowest BCUT2D eigenvalue weighted by atomic mass is 9.96. The summed E-state index contributed by atoms with van der Waals surface area (Å²) in [6.45, 7) is 7.64. The maximum Gasteiger partial charge on any atom is 0.276 e. The Bertz CT molecular complexity index is 478. The van der Waals surface area contributed by atoms with Crippen LogP contribution in [0.5, 0.6) is 5.75 Å². The second-order valence-corrected chi connectivity index (χ2v) is 4.94. The first-order chi connectivity index (χ1) is 7.32. The number of hydrogen-bond donors (Lipinski definition) is 0. The van der Waals surface area contributed by atoms with E-state index in [4.69, 9.17) is 4.74 Å². The molecule has 1 heterocycles. The molecule has 0 fully saturated rings. The van der Waals surface area contributed by atoms with Gasteiger partial charge in [0.1, 0.15) is 11.4 Å². The van der Waals surface area contributed by atoms with E-state index in [1.54, 1.807) is 13.0 Å². The van der Waals surface area contributed by atoms with Crippen LogP contribution in [0.15, 0.2) is 6.07 Å². The lowest BCUT2D eigenvalue weighted by Gasteiger charge is -2.17. The molecule has 16 heavy (non-hydrogen) atoms. The SMILES string of the molecule is Cc1cc([N+](=O)[O-])c(C)c2c1CC(C)(C)O2. The van der Waals surface area contributed by atoms with E-state index in [0.717, 1.165) is 17.5 Å². The molecule has 86 valence electrons. The molecule has 0 amide bonds. The van der Waals surface area contributed by atoms with Gasteiger partial charge in [-0.3, -0.25) is 10.1 Å². The smallest absolute Gasteiger partial charge is 0.276 e.